The number of nitrogens with one attached hydrogen (secondary N) is 1. The number of imidazole rings is 1. The second kappa shape index (κ2) is 6.09. The lowest BCUT2D eigenvalue weighted by Crippen LogP contribution is -2.08. The first-order chi connectivity index (χ1) is 11.7. The molecule has 1 N–H and O–H groups in total. The van der Waals surface area contributed by atoms with Crippen LogP contribution in [-0.2, 0) is 0 Å². The molecule has 0 spiro atoms. The minimum absolute atomic E-state index is 0.375. The zero-order valence-corrected chi connectivity index (χ0v) is 14.4. The summed E-state index contributed by atoms with van der Waals surface area (Å²) < 4.78 is 2.08. The third-order valence-corrected chi connectivity index (χ3v) is 4.75. The Bertz CT molecular complexity index is 969. The van der Waals surface area contributed by atoms with E-state index in [0.717, 1.165) is 26.8 Å². The van der Waals surface area contributed by atoms with Gasteiger partial charge in [0.1, 0.15) is 5.65 Å². The van der Waals surface area contributed by atoms with Crippen LogP contribution in [0.15, 0.2) is 61.2 Å². The Labute approximate surface area is 144 Å². The molecule has 0 aliphatic rings. The highest BCUT2D eigenvalue weighted by Gasteiger charge is 2.11. The number of hydrogen-bond acceptors (Lipinski definition) is 4. The Morgan fingerprint density at radius 2 is 1.92 bits per heavy atom. The number of nitrogens with zero attached hydrogens (tertiary/aromatic N) is 3. The van der Waals surface area contributed by atoms with Crippen LogP contribution in [-0.4, -0.2) is 20.4 Å². The number of thiazole rings is 1. The molecule has 0 amide bonds. The van der Waals surface area contributed by atoms with Gasteiger partial charge in [-0.15, -0.1) is 0 Å². The SMILES string of the molecule is CC(C)Nc1ncc(-c2cc(-c3ccccc3)c3nccn3c2)s1. The first-order valence-electron chi connectivity index (χ1n) is 7.95. The Balaban J connectivity index is 1.83. The molecule has 0 bridgehead atoms. The van der Waals surface area contributed by atoms with Crippen LogP contribution in [0.5, 0.6) is 0 Å². The highest BCUT2D eigenvalue weighted by Crippen LogP contribution is 2.33. The number of hydrogen-bond donors (Lipinski definition) is 1. The molecule has 3 heterocycles. The first-order valence-corrected chi connectivity index (χ1v) is 8.77. The maximum absolute atomic E-state index is 4.51. The van der Waals surface area contributed by atoms with Gasteiger partial charge in [0.25, 0.3) is 0 Å². The molecule has 5 heteroatoms. The molecule has 4 aromatic rings. The predicted octanol–water partition coefficient (Wildman–Crippen LogP) is 4.95. The molecule has 24 heavy (non-hydrogen) atoms. The van der Waals surface area contributed by atoms with Crippen LogP contribution in [0, 0.1) is 0 Å². The summed E-state index contributed by atoms with van der Waals surface area (Å²) in [4.78, 5) is 10.1. The monoisotopic (exact) mass is 334 g/mol. The van der Waals surface area contributed by atoms with E-state index in [1.165, 1.54) is 5.56 Å². The van der Waals surface area contributed by atoms with Gasteiger partial charge in [-0.1, -0.05) is 41.7 Å². The molecule has 4 nitrogen and oxygen atoms in total. The van der Waals surface area contributed by atoms with Gasteiger partial charge in [-0.25, -0.2) is 9.97 Å². The Morgan fingerprint density at radius 1 is 1.08 bits per heavy atom. The van der Waals surface area contributed by atoms with E-state index in [9.17, 15) is 0 Å². The molecular weight excluding hydrogens is 316 g/mol. The summed E-state index contributed by atoms with van der Waals surface area (Å²) in [5.41, 5.74) is 4.41. The third kappa shape index (κ3) is 2.78. The summed E-state index contributed by atoms with van der Waals surface area (Å²) >= 11 is 1.67. The summed E-state index contributed by atoms with van der Waals surface area (Å²) in [7, 11) is 0. The van der Waals surface area contributed by atoms with Crippen LogP contribution >= 0.6 is 11.3 Å². The molecule has 0 atom stereocenters. The van der Waals surface area contributed by atoms with Crippen LogP contribution < -0.4 is 5.32 Å². The number of aromatic nitrogens is 3. The largest absolute Gasteiger partial charge is 0.359 e. The number of fused-ring (bicyclic) bond motifs is 1. The van der Waals surface area contributed by atoms with Crippen LogP contribution in [0.1, 0.15) is 13.8 Å². The second-order valence-corrected chi connectivity index (χ2v) is 7.03. The molecule has 0 saturated carbocycles. The Hall–Kier alpha value is -2.66. The number of benzene rings is 1. The smallest absolute Gasteiger partial charge is 0.183 e. The fourth-order valence-electron chi connectivity index (χ4n) is 2.72. The van der Waals surface area contributed by atoms with Crippen molar-refractivity contribution in [3.63, 3.8) is 0 Å². The van der Waals surface area contributed by atoms with Crippen LogP contribution in [0.25, 0.3) is 27.2 Å². The highest BCUT2D eigenvalue weighted by atomic mass is 32.1. The topological polar surface area (TPSA) is 42.2 Å². The molecule has 120 valence electrons. The first kappa shape index (κ1) is 14.9. The van der Waals surface area contributed by atoms with E-state index in [1.807, 2.05) is 24.7 Å². The zero-order chi connectivity index (χ0) is 16.5. The molecular formula is C19H18N4S. The normalized spacial score (nSPS) is 11.3. The molecule has 0 aliphatic carbocycles. The fourth-order valence-corrected chi connectivity index (χ4v) is 3.66. The van der Waals surface area contributed by atoms with Crippen molar-refractivity contribution in [1.29, 1.82) is 0 Å². The fraction of sp³-hybridized carbons (Fsp3) is 0.158. The van der Waals surface area contributed by atoms with Gasteiger partial charge >= 0.3 is 0 Å². The lowest BCUT2D eigenvalue weighted by molar-refractivity contribution is 0.896. The van der Waals surface area contributed by atoms with Gasteiger partial charge < -0.3 is 9.72 Å². The van der Waals surface area contributed by atoms with Crippen LogP contribution in [0.3, 0.4) is 0 Å². The molecule has 1 aromatic carbocycles. The molecule has 3 aromatic heterocycles. The van der Waals surface area contributed by atoms with Crippen LogP contribution in [0.2, 0.25) is 0 Å². The number of rotatable bonds is 4. The van der Waals surface area contributed by atoms with E-state index in [1.54, 1.807) is 11.3 Å². The van der Waals surface area contributed by atoms with Gasteiger partial charge in [-0.3, -0.25) is 0 Å². The lowest BCUT2D eigenvalue weighted by atomic mass is 10.0. The van der Waals surface area contributed by atoms with Gasteiger partial charge in [0.05, 0.1) is 4.88 Å². The van der Waals surface area contributed by atoms with Crippen LogP contribution in [0.4, 0.5) is 5.13 Å². The number of anilines is 1. The van der Waals surface area contributed by atoms with E-state index in [2.05, 4.69) is 70.1 Å². The van der Waals surface area contributed by atoms with Crippen molar-refractivity contribution in [2.45, 2.75) is 19.9 Å². The van der Waals surface area contributed by atoms with E-state index in [-0.39, 0.29) is 0 Å². The maximum Gasteiger partial charge on any atom is 0.183 e. The molecule has 0 saturated heterocycles. The van der Waals surface area contributed by atoms with Crippen molar-refractivity contribution in [2.24, 2.45) is 0 Å². The standard InChI is InChI=1S/C19H18N4S/c1-13(2)22-19-21-11-17(24-19)15-10-16(14-6-4-3-5-7-14)18-20-8-9-23(18)12-15/h3-13H,1-2H3,(H,21,22). The van der Waals surface area contributed by atoms with Gasteiger partial charge in [-0.2, -0.15) is 0 Å². The highest BCUT2D eigenvalue weighted by molar-refractivity contribution is 7.18. The van der Waals surface area contributed by atoms with E-state index < -0.39 is 0 Å². The molecule has 0 fully saturated rings. The van der Waals surface area contributed by atoms with Gasteiger partial charge in [0.15, 0.2) is 5.13 Å². The third-order valence-electron chi connectivity index (χ3n) is 3.77. The van der Waals surface area contributed by atoms with E-state index in [4.69, 9.17) is 0 Å². The van der Waals surface area contributed by atoms with Crippen molar-refractivity contribution in [1.82, 2.24) is 14.4 Å². The van der Waals surface area contributed by atoms with Crippen molar-refractivity contribution in [2.75, 3.05) is 5.32 Å². The average molecular weight is 334 g/mol. The van der Waals surface area contributed by atoms with Gasteiger partial charge in [-0.05, 0) is 25.5 Å². The maximum atomic E-state index is 4.51. The zero-order valence-electron chi connectivity index (χ0n) is 13.6. The summed E-state index contributed by atoms with van der Waals surface area (Å²) in [5, 5.41) is 4.31. The van der Waals surface area contributed by atoms with E-state index >= 15 is 0 Å². The molecule has 0 unspecified atom stereocenters. The average Bonchev–Trinajstić information content (AvgIpc) is 3.23. The minimum atomic E-state index is 0.375. The van der Waals surface area contributed by atoms with Crippen molar-refractivity contribution < 1.29 is 0 Å². The van der Waals surface area contributed by atoms with Gasteiger partial charge in [0.2, 0.25) is 0 Å². The molecule has 0 radical (unpaired) electrons. The summed E-state index contributed by atoms with van der Waals surface area (Å²) in [6.45, 7) is 4.23. The Morgan fingerprint density at radius 3 is 2.71 bits per heavy atom. The van der Waals surface area contributed by atoms with Crippen molar-refractivity contribution >= 4 is 22.1 Å². The molecule has 0 aliphatic heterocycles. The summed E-state index contributed by atoms with van der Waals surface area (Å²) in [6.07, 6.45) is 7.87. The lowest BCUT2D eigenvalue weighted by Gasteiger charge is -2.08. The van der Waals surface area contributed by atoms with Crippen molar-refractivity contribution in [3.8, 4) is 21.6 Å². The predicted molar refractivity (Wildman–Crippen MR) is 100 cm³/mol. The summed E-state index contributed by atoms with van der Waals surface area (Å²) in [6, 6.07) is 12.9. The number of pyridine rings is 1. The minimum Gasteiger partial charge on any atom is -0.359 e. The van der Waals surface area contributed by atoms with Crippen molar-refractivity contribution in [3.05, 3.63) is 61.2 Å². The Kier molecular flexibility index (Phi) is 3.78. The van der Waals surface area contributed by atoms with Gasteiger partial charge in [0, 0.05) is 42.0 Å². The summed E-state index contributed by atoms with van der Waals surface area (Å²) in [5.74, 6) is 0. The second-order valence-electron chi connectivity index (χ2n) is 6.00. The molecule has 4 rings (SSSR count). The quantitative estimate of drug-likeness (QED) is 0.574. The van der Waals surface area contributed by atoms with E-state index in [0.29, 0.717) is 6.04 Å².